The second kappa shape index (κ2) is 19.2. The zero-order valence-electron chi connectivity index (χ0n) is 35.3. The molecule has 1 unspecified atom stereocenters. The number of rotatable bonds is 14. The lowest BCUT2D eigenvalue weighted by Gasteiger charge is -2.50. The third-order valence-electron chi connectivity index (χ3n) is 14.2. The summed E-state index contributed by atoms with van der Waals surface area (Å²) in [7, 11) is 0. The van der Waals surface area contributed by atoms with E-state index < -0.39 is 53.2 Å². The van der Waals surface area contributed by atoms with E-state index in [4.69, 9.17) is 24.0 Å². The Balaban J connectivity index is 1.57. The molecule has 0 bridgehead atoms. The van der Waals surface area contributed by atoms with Gasteiger partial charge in [-0.1, -0.05) is 68.4 Å². The van der Waals surface area contributed by atoms with E-state index in [2.05, 4.69) is 39.1 Å². The zero-order valence-corrected chi connectivity index (χ0v) is 35.3. The molecule has 1 spiro atoms. The number of carbonyl (C=O) groups is 1. The van der Waals surface area contributed by atoms with Crippen LogP contribution in [0.1, 0.15) is 140 Å². The summed E-state index contributed by atoms with van der Waals surface area (Å²) in [6, 6.07) is 0.0381. The number of ether oxygens (including phenoxy) is 3. The van der Waals surface area contributed by atoms with Crippen molar-refractivity contribution in [2.24, 2.45) is 41.4 Å². The average molecular weight is 768 g/mol. The van der Waals surface area contributed by atoms with Gasteiger partial charge < -0.3 is 40.0 Å². The fraction of sp³-hybridized carbons (Fsp3) is 0.930. The highest BCUT2D eigenvalue weighted by Gasteiger charge is 2.54. The maximum absolute atomic E-state index is 14.5. The number of likely N-dealkylation sites (N-methyl/N-ethyl adjacent to an activating group) is 1. The second-order valence-corrected chi connectivity index (χ2v) is 18.0. The first-order valence-corrected chi connectivity index (χ1v) is 21.5. The molecule has 4 aliphatic rings. The van der Waals surface area contributed by atoms with Gasteiger partial charge in [0.25, 0.3) is 0 Å². The molecule has 11 heteroatoms. The first-order chi connectivity index (χ1) is 25.4. The van der Waals surface area contributed by atoms with Gasteiger partial charge in [-0.25, -0.2) is 4.89 Å². The van der Waals surface area contributed by atoms with Crippen molar-refractivity contribution in [3.8, 4) is 0 Å². The molecule has 4 rings (SSSR count). The topological polar surface area (TPSA) is 156 Å². The number of carbonyl (C=O) groups excluding carboxylic acids is 1. The van der Waals surface area contributed by atoms with Gasteiger partial charge in [-0.15, -0.1) is 0 Å². The first-order valence-electron chi connectivity index (χ1n) is 21.5. The Hall–Kier alpha value is -0.990. The summed E-state index contributed by atoms with van der Waals surface area (Å²) >= 11 is 0. The standard InChI is InChI=1S/C43H77NO10/c1-12-32(40(47)48)34-17-16-25(5)38(51-34)29(9)36(45)28(8)37(46)33(13-2)39-26(6)24-27(7)43(52-39)23-19-31(44-15-4)18-21-41(11,53-54-43)35-20-22-42(49,14-3)30(10)50-35/h19,23,25-36,38-40,44-45,47-49H,12-18,20-22,24H2,1-11H3/b23-19-/t25-,26-,27+,28-,29-,30-,31+,32+,33?,34+,35+,36+,38+,39-,41-,42+,43-/m0/s1. The van der Waals surface area contributed by atoms with E-state index >= 15 is 0 Å². The molecule has 17 atom stereocenters. The van der Waals surface area contributed by atoms with E-state index in [0.717, 1.165) is 32.2 Å². The van der Waals surface area contributed by atoms with Gasteiger partial charge in [-0.2, -0.15) is 4.89 Å². The monoisotopic (exact) mass is 768 g/mol. The van der Waals surface area contributed by atoms with Gasteiger partial charge in [0.1, 0.15) is 11.4 Å². The minimum atomic E-state index is -1.47. The zero-order chi connectivity index (χ0) is 40.2. The first kappa shape index (κ1) is 45.7. The van der Waals surface area contributed by atoms with Gasteiger partial charge in [0.15, 0.2) is 6.29 Å². The largest absolute Gasteiger partial charge is 0.392 e. The Morgan fingerprint density at radius 2 is 1.59 bits per heavy atom. The molecule has 0 aromatic heterocycles. The number of nitrogens with one attached hydrogen (secondary N) is 1. The maximum atomic E-state index is 14.5. The van der Waals surface area contributed by atoms with Crippen molar-refractivity contribution in [1.82, 2.24) is 5.32 Å². The van der Waals surface area contributed by atoms with Gasteiger partial charge in [-0.3, -0.25) is 4.79 Å². The van der Waals surface area contributed by atoms with Crippen molar-refractivity contribution in [1.29, 1.82) is 0 Å². The van der Waals surface area contributed by atoms with Crippen LogP contribution < -0.4 is 5.32 Å². The van der Waals surface area contributed by atoms with Crippen LogP contribution in [0.5, 0.6) is 0 Å². The quantitative estimate of drug-likeness (QED) is 0.0776. The summed E-state index contributed by atoms with van der Waals surface area (Å²) < 4.78 is 20.1. The third-order valence-corrected chi connectivity index (χ3v) is 14.2. The highest BCUT2D eigenvalue weighted by molar-refractivity contribution is 5.84. The molecule has 3 saturated heterocycles. The molecule has 0 amide bonds. The van der Waals surface area contributed by atoms with Crippen LogP contribution in [-0.2, 0) is 28.8 Å². The smallest absolute Gasteiger partial charge is 0.223 e. The van der Waals surface area contributed by atoms with Gasteiger partial charge in [-0.05, 0) is 103 Å². The number of hydrogen-bond donors (Lipinski definition) is 5. The van der Waals surface area contributed by atoms with E-state index in [1.807, 2.05) is 54.5 Å². The Labute approximate surface area is 326 Å². The summed E-state index contributed by atoms with van der Waals surface area (Å²) in [6.07, 6.45) is 6.62. The molecule has 4 aliphatic heterocycles. The Morgan fingerprint density at radius 1 is 0.889 bits per heavy atom. The molecule has 0 aliphatic carbocycles. The van der Waals surface area contributed by atoms with Crippen molar-refractivity contribution < 1.29 is 49.2 Å². The van der Waals surface area contributed by atoms with Gasteiger partial charge in [0.05, 0.1) is 42.2 Å². The highest BCUT2D eigenvalue weighted by atomic mass is 17.2. The van der Waals surface area contributed by atoms with E-state index in [0.29, 0.717) is 38.5 Å². The average Bonchev–Trinajstić information content (AvgIpc) is 3.21. The predicted molar refractivity (Wildman–Crippen MR) is 208 cm³/mol. The lowest BCUT2D eigenvalue weighted by atomic mass is 9.73. The Kier molecular flexibility index (Phi) is 16.2. The molecule has 11 nitrogen and oxygen atoms in total. The van der Waals surface area contributed by atoms with Crippen LogP contribution in [0.25, 0.3) is 0 Å². The summed E-state index contributed by atoms with van der Waals surface area (Å²) in [5, 5.41) is 46.6. The molecule has 314 valence electrons. The number of aliphatic hydroxyl groups excluding tert-OH is 2. The van der Waals surface area contributed by atoms with Crippen LogP contribution >= 0.6 is 0 Å². The van der Waals surface area contributed by atoms with Crippen LogP contribution in [0.3, 0.4) is 0 Å². The minimum Gasteiger partial charge on any atom is -0.392 e. The molecule has 0 aromatic carbocycles. The van der Waals surface area contributed by atoms with Crippen molar-refractivity contribution in [3.63, 3.8) is 0 Å². The molecule has 0 aromatic rings. The maximum Gasteiger partial charge on any atom is 0.223 e. The van der Waals surface area contributed by atoms with E-state index in [1.54, 1.807) is 0 Å². The molecule has 4 heterocycles. The van der Waals surface area contributed by atoms with E-state index in [1.165, 1.54) is 0 Å². The van der Waals surface area contributed by atoms with Crippen molar-refractivity contribution >= 4 is 5.78 Å². The van der Waals surface area contributed by atoms with Gasteiger partial charge in [0, 0.05) is 35.6 Å². The van der Waals surface area contributed by atoms with Crippen molar-refractivity contribution in [3.05, 3.63) is 12.2 Å². The fourth-order valence-electron chi connectivity index (χ4n) is 10.1. The SMILES string of the molecule is CCN[C@H]1/C=C\[C@@]2(OO[C@](C)([C@H]3CC[C@](O)(CC)[C@H](C)O3)CC1)O[C@H](C(CC)C(=O)[C@@H](C)[C@@H](O)[C@H](C)[C@@H]1O[C@@H]([C@@H](CC)C(O)O)CC[C@@H]1C)[C@@H](C)C[C@H]2C. The summed E-state index contributed by atoms with van der Waals surface area (Å²) in [6.45, 7) is 22.8. The fourth-order valence-corrected chi connectivity index (χ4v) is 10.1. The van der Waals surface area contributed by atoms with Crippen molar-refractivity contribution in [2.75, 3.05) is 6.54 Å². The molecule has 3 fully saturated rings. The van der Waals surface area contributed by atoms with Crippen LogP contribution in [0.15, 0.2) is 12.2 Å². The van der Waals surface area contributed by atoms with Gasteiger partial charge in [0.2, 0.25) is 5.79 Å². The molecular formula is C43H77NO10. The lowest BCUT2D eigenvalue weighted by Crippen LogP contribution is -2.58. The minimum absolute atomic E-state index is 0.0365. The second-order valence-electron chi connectivity index (χ2n) is 18.0. The summed E-state index contributed by atoms with van der Waals surface area (Å²) in [5.41, 5.74) is -1.70. The van der Waals surface area contributed by atoms with Crippen LogP contribution in [0, 0.1) is 41.4 Å². The summed E-state index contributed by atoms with van der Waals surface area (Å²) in [5.74, 6) is -3.16. The third kappa shape index (κ3) is 9.81. The molecule has 5 N–H and O–H groups in total. The number of Topliss-reactive ketones (excluding diaryl/α,β-unsaturated/α-hetero) is 1. The van der Waals surface area contributed by atoms with E-state index in [-0.39, 0.29) is 59.9 Å². The number of ketones is 1. The van der Waals surface area contributed by atoms with Crippen LogP contribution in [0.2, 0.25) is 0 Å². The van der Waals surface area contributed by atoms with Crippen molar-refractivity contribution in [2.45, 2.75) is 206 Å². The lowest BCUT2D eigenvalue weighted by molar-refractivity contribution is -0.486. The Morgan fingerprint density at radius 3 is 2.19 bits per heavy atom. The predicted octanol–water partition coefficient (Wildman–Crippen LogP) is 6.24. The molecule has 0 radical (unpaired) electrons. The van der Waals surface area contributed by atoms with Crippen LogP contribution in [-0.4, -0.2) is 98.7 Å². The number of hydrogen-bond acceptors (Lipinski definition) is 11. The molecular weight excluding hydrogens is 690 g/mol. The van der Waals surface area contributed by atoms with E-state index in [9.17, 15) is 25.2 Å². The molecule has 54 heavy (non-hydrogen) atoms. The highest BCUT2D eigenvalue weighted by Crippen LogP contribution is 2.47. The van der Waals surface area contributed by atoms with Gasteiger partial charge >= 0.3 is 0 Å². The molecule has 0 saturated carbocycles. The normalized spacial score (nSPS) is 43.0. The number of aliphatic hydroxyl groups is 4. The summed E-state index contributed by atoms with van der Waals surface area (Å²) in [4.78, 5) is 27.7. The van der Waals surface area contributed by atoms with Crippen LogP contribution in [0.4, 0.5) is 0 Å². The Bertz CT molecular complexity index is 1220.